The van der Waals surface area contributed by atoms with E-state index >= 15 is 0 Å². The smallest absolute Gasteiger partial charge is 0.269 e. The summed E-state index contributed by atoms with van der Waals surface area (Å²) in [4.78, 5) is 46.8. The molecule has 0 aliphatic carbocycles. The van der Waals surface area contributed by atoms with E-state index in [0.29, 0.717) is 10.7 Å². The van der Waals surface area contributed by atoms with Crippen LogP contribution in [0.5, 0.6) is 0 Å². The molecule has 37 heavy (non-hydrogen) atoms. The monoisotopic (exact) mass is 531 g/mol. The Hall–Kier alpha value is -4.05. The fourth-order valence-corrected chi connectivity index (χ4v) is 6.03. The number of rotatable bonds is 5. The number of nitrogens with zero attached hydrogens (tertiary/aromatic N) is 3. The third-order valence-corrected chi connectivity index (χ3v) is 7.95. The molecule has 3 aromatic carbocycles. The SMILES string of the molecule is O=C1[C@@H]2[C@@H](c3ccc(-c4ccc([N+](=O)[O-])cc4)s3)N(c3ccccc3)O[C@H]2C(=O)N1c1ccc(Cl)cc1. The Morgan fingerprint density at radius 3 is 2.22 bits per heavy atom. The van der Waals surface area contributed by atoms with Gasteiger partial charge in [0.25, 0.3) is 11.6 Å². The second kappa shape index (κ2) is 9.11. The van der Waals surface area contributed by atoms with Crippen LogP contribution in [0.4, 0.5) is 17.1 Å². The van der Waals surface area contributed by atoms with Crippen molar-refractivity contribution in [3.05, 3.63) is 111 Å². The molecule has 3 heterocycles. The lowest BCUT2D eigenvalue weighted by molar-refractivity contribution is -0.384. The highest BCUT2D eigenvalue weighted by molar-refractivity contribution is 7.15. The van der Waals surface area contributed by atoms with Crippen LogP contribution in [0.1, 0.15) is 10.9 Å². The number of fused-ring (bicyclic) bond motifs is 1. The number of amides is 2. The summed E-state index contributed by atoms with van der Waals surface area (Å²) in [7, 11) is 0. The van der Waals surface area contributed by atoms with Gasteiger partial charge in [0.1, 0.15) is 12.0 Å². The first kappa shape index (κ1) is 23.4. The highest BCUT2D eigenvalue weighted by Gasteiger charge is 2.60. The van der Waals surface area contributed by atoms with Crippen LogP contribution in [0.2, 0.25) is 5.02 Å². The maximum Gasteiger partial charge on any atom is 0.269 e. The minimum atomic E-state index is -0.974. The topological polar surface area (TPSA) is 93.0 Å². The molecule has 0 N–H and O–H groups in total. The van der Waals surface area contributed by atoms with E-state index in [1.54, 1.807) is 41.5 Å². The molecule has 4 aromatic rings. The summed E-state index contributed by atoms with van der Waals surface area (Å²) >= 11 is 7.46. The van der Waals surface area contributed by atoms with Gasteiger partial charge in [0, 0.05) is 26.9 Å². The number of carbonyl (C=O) groups excluding carboxylic acids is 2. The predicted molar refractivity (Wildman–Crippen MR) is 140 cm³/mol. The third kappa shape index (κ3) is 3.97. The van der Waals surface area contributed by atoms with E-state index in [2.05, 4.69) is 0 Å². The quantitative estimate of drug-likeness (QED) is 0.177. The van der Waals surface area contributed by atoms with Crippen molar-refractivity contribution in [3.63, 3.8) is 0 Å². The van der Waals surface area contributed by atoms with E-state index in [1.165, 1.54) is 28.4 Å². The van der Waals surface area contributed by atoms with Gasteiger partial charge in [-0.2, -0.15) is 0 Å². The lowest BCUT2D eigenvalue weighted by Crippen LogP contribution is -2.37. The number of hydrogen-bond acceptors (Lipinski definition) is 7. The summed E-state index contributed by atoms with van der Waals surface area (Å²) in [6.45, 7) is 0. The number of halogens is 1. The Kier molecular flexibility index (Phi) is 5.75. The Bertz CT molecular complexity index is 1510. The standard InChI is InChI=1S/C27H18ClN3O5S/c28-17-8-12-18(13-9-17)29-26(32)23-24(30(36-25(23)27(29)33)19-4-2-1-3-5-19)22-15-14-21(37-22)16-6-10-20(11-7-16)31(34)35/h1-15,23-25H/t23-,24-,25-/m1/s1. The maximum absolute atomic E-state index is 13.7. The fourth-order valence-electron chi connectivity index (χ4n) is 4.76. The van der Waals surface area contributed by atoms with Crippen molar-refractivity contribution in [2.45, 2.75) is 12.1 Å². The van der Waals surface area contributed by atoms with Crippen molar-refractivity contribution in [1.29, 1.82) is 0 Å². The molecule has 3 atom stereocenters. The van der Waals surface area contributed by atoms with Crippen molar-refractivity contribution in [3.8, 4) is 10.4 Å². The minimum absolute atomic E-state index is 0.0140. The average molecular weight is 532 g/mol. The van der Waals surface area contributed by atoms with E-state index < -0.39 is 28.9 Å². The number of hydroxylamine groups is 1. The summed E-state index contributed by atoms with van der Waals surface area (Å²) in [6, 6.07) is 25.5. The summed E-state index contributed by atoms with van der Waals surface area (Å²) in [6.07, 6.45) is -0.974. The van der Waals surface area contributed by atoms with Crippen LogP contribution in [0.3, 0.4) is 0 Å². The van der Waals surface area contributed by atoms with Gasteiger partial charge in [-0.05, 0) is 66.2 Å². The first-order valence-electron chi connectivity index (χ1n) is 11.4. The summed E-state index contributed by atoms with van der Waals surface area (Å²) < 4.78 is 0. The van der Waals surface area contributed by atoms with Gasteiger partial charge in [-0.15, -0.1) is 11.3 Å². The summed E-state index contributed by atoms with van der Waals surface area (Å²) in [5.41, 5.74) is 2.01. The second-order valence-electron chi connectivity index (χ2n) is 8.65. The lowest BCUT2D eigenvalue weighted by Gasteiger charge is -2.27. The van der Waals surface area contributed by atoms with Gasteiger partial charge < -0.3 is 0 Å². The molecule has 184 valence electrons. The number of benzene rings is 3. The number of imide groups is 1. The van der Waals surface area contributed by atoms with Crippen molar-refractivity contribution >= 4 is 51.8 Å². The first-order chi connectivity index (χ1) is 17.9. The van der Waals surface area contributed by atoms with Gasteiger partial charge in [-0.1, -0.05) is 29.8 Å². The van der Waals surface area contributed by atoms with Gasteiger partial charge in [0.05, 0.1) is 16.3 Å². The molecule has 1 aromatic heterocycles. The zero-order valence-electron chi connectivity index (χ0n) is 19.1. The van der Waals surface area contributed by atoms with Crippen LogP contribution in [-0.4, -0.2) is 22.8 Å². The van der Waals surface area contributed by atoms with Crippen molar-refractivity contribution < 1.29 is 19.3 Å². The molecule has 2 saturated heterocycles. The molecule has 2 aliphatic heterocycles. The number of hydrogen-bond donors (Lipinski definition) is 0. The molecule has 0 saturated carbocycles. The van der Waals surface area contributed by atoms with Crippen LogP contribution in [0.25, 0.3) is 10.4 Å². The number of para-hydroxylation sites is 1. The molecule has 0 spiro atoms. The maximum atomic E-state index is 13.7. The molecule has 0 unspecified atom stereocenters. The van der Waals surface area contributed by atoms with E-state index in [9.17, 15) is 19.7 Å². The fraction of sp³-hybridized carbons (Fsp3) is 0.111. The third-order valence-electron chi connectivity index (χ3n) is 6.49. The highest BCUT2D eigenvalue weighted by Crippen LogP contribution is 2.49. The largest absolute Gasteiger partial charge is 0.273 e. The normalized spacial score (nSPS) is 20.9. The Morgan fingerprint density at radius 2 is 1.54 bits per heavy atom. The Morgan fingerprint density at radius 1 is 0.838 bits per heavy atom. The van der Waals surface area contributed by atoms with Crippen molar-refractivity contribution in [2.75, 3.05) is 9.96 Å². The van der Waals surface area contributed by atoms with Gasteiger partial charge in [0.15, 0.2) is 6.10 Å². The molecule has 8 nitrogen and oxygen atoms in total. The average Bonchev–Trinajstić information content (AvgIpc) is 3.61. The zero-order valence-corrected chi connectivity index (χ0v) is 20.6. The lowest BCUT2D eigenvalue weighted by atomic mass is 9.95. The van der Waals surface area contributed by atoms with E-state index in [0.717, 1.165) is 21.0 Å². The summed E-state index contributed by atoms with van der Waals surface area (Å²) in [5.74, 6) is -1.52. The molecule has 0 bridgehead atoms. The first-order valence-corrected chi connectivity index (χ1v) is 12.6. The van der Waals surface area contributed by atoms with Gasteiger partial charge in [-0.25, -0.2) is 9.96 Å². The number of nitro groups is 1. The van der Waals surface area contributed by atoms with Crippen molar-refractivity contribution in [2.24, 2.45) is 5.92 Å². The number of nitro benzene ring substituents is 1. The van der Waals surface area contributed by atoms with E-state index in [1.807, 2.05) is 42.5 Å². The van der Waals surface area contributed by atoms with Gasteiger partial charge in [-0.3, -0.25) is 24.5 Å². The number of anilines is 2. The molecular weight excluding hydrogens is 514 g/mol. The van der Waals surface area contributed by atoms with E-state index in [-0.39, 0.29) is 11.6 Å². The molecular formula is C27H18ClN3O5S. The van der Waals surface area contributed by atoms with E-state index in [4.69, 9.17) is 16.4 Å². The van der Waals surface area contributed by atoms with Gasteiger partial charge in [0.2, 0.25) is 5.91 Å². The molecule has 0 radical (unpaired) electrons. The summed E-state index contributed by atoms with van der Waals surface area (Å²) in [5, 5.41) is 13.2. The minimum Gasteiger partial charge on any atom is -0.273 e. The molecule has 10 heteroatoms. The molecule has 2 amide bonds. The van der Waals surface area contributed by atoms with Crippen LogP contribution < -0.4 is 9.96 Å². The molecule has 6 rings (SSSR count). The molecule has 2 aliphatic rings. The second-order valence-corrected chi connectivity index (χ2v) is 10.2. The highest BCUT2D eigenvalue weighted by atomic mass is 35.5. The van der Waals surface area contributed by atoms with Crippen LogP contribution in [0.15, 0.2) is 91.0 Å². The van der Waals surface area contributed by atoms with Crippen LogP contribution in [-0.2, 0) is 14.4 Å². The number of thiophene rings is 1. The van der Waals surface area contributed by atoms with Crippen LogP contribution >= 0.6 is 22.9 Å². The number of non-ortho nitro benzene ring substituents is 1. The molecule has 2 fully saturated rings. The zero-order chi connectivity index (χ0) is 25.7. The predicted octanol–water partition coefficient (Wildman–Crippen LogP) is 6.03. The Balaban J connectivity index is 1.39. The van der Waals surface area contributed by atoms with Crippen LogP contribution in [0, 0.1) is 16.0 Å². The van der Waals surface area contributed by atoms with Gasteiger partial charge >= 0.3 is 0 Å². The number of carbonyl (C=O) groups is 2. The van der Waals surface area contributed by atoms with Crippen molar-refractivity contribution in [1.82, 2.24) is 0 Å². The Labute approximate surface area is 220 Å².